The summed E-state index contributed by atoms with van der Waals surface area (Å²) in [7, 11) is 1.72. The first kappa shape index (κ1) is 16.6. The fourth-order valence-electron chi connectivity index (χ4n) is 4.48. The Morgan fingerprint density at radius 1 is 1.07 bits per heavy atom. The second-order valence-corrected chi connectivity index (χ2v) is 7.58. The number of benzene rings is 2. The summed E-state index contributed by atoms with van der Waals surface area (Å²) in [5.74, 6) is 1.88. The van der Waals surface area contributed by atoms with E-state index in [-0.39, 0.29) is 5.60 Å². The van der Waals surface area contributed by atoms with E-state index in [1.807, 2.05) is 12.3 Å². The molecule has 0 unspecified atom stereocenters. The fourth-order valence-corrected chi connectivity index (χ4v) is 4.48. The summed E-state index contributed by atoms with van der Waals surface area (Å²) in [6, 6.07) is 14.8. The van der Waals surface area contributed by atoms with Crippen molar-refractivity contribution in [3.63, 3.8) is 0 Å². The molecule has 3 heterocycles. The van der Waals surface area contributed by atoms with Gasteiger partial charge in [-0.1, -0.05) is 18.2 Å². The molecule has 1 N–H and O–H groups in total. The molecule has 2 aliphatic rings. The van der Waals surface area contributed by atoms with Crippen molar-refractivity contribution in [3.05, 3.63) is 54.2 Å². The molecule has 1 aromatic heterocycles. The maximum atomic E-state index is 6.49. The van der Waals surface area contributed by atoms with Gasteiger partial charge < -0.3 is 14.8 Å². The minimum absolute atomic E-state index is 0.0321. The topological polar surface area (TPSA) is 43.4 Å². The quantitative estimate of drug-likeness (QED) is 0.737. The summed E-state index contributed by atoms with van der Waals surface area (Å²) in [5.41, 5.74) is 4.46. The van der Waals surface area contributed by atoms with Crippen molar-refractivity contribution in [2.45, 2.75) is 31.3 Å². The monoisotopic (exact) mass is 360 g/mol. The number of rotatable bonds is 2. The van der Waals surface area contributed by atoms with Crippen LogP contribution in [0.5, 0.6) is 11.5 Å². The second kappa shape index (κ2) is 6.54. The van der Waals surface area contributed by atoms with Crippen molar-refractivity contribution in [1.29, 1.82) is 0 Å². The number of hydrogen-bond donors (Lipinski definition) is 1. The Labute approximate surface area is 159 Å². The molecular weight excluding hydrogens is 336 g/mol. The van der Waals surface area contributed by atoms with E-state index in [0.29, 0.717) is 0 Å². The van der Waals surface area contributed by atoms with Gasteiger partial charge in [-0.3, -0.25) is 4.98 Å². The molecule has 0 aliphatic carbocycles. The van der Waals surface area contributed by atoms with Crippen LogP contribution in [0.4, 0.5) is 0 Å². The van der Waals surface area contributed by atoms with E-state index in [0.717, 1.165) is 72.3 Å². The number of ether oxygens (including phenoxy) is 2. The van der Waals surface area contributed by atoms with E-state index in [9.17, 15) is 0 Å². The lowest BCUT2D eigenvalue weighted by Gasteiger charge is -2.41. The van der Waals surface area contributed by atoms with Gasteiger partial charge in [-0.25, -0.2) is 0 Å². The molecule has 0 bridgehead atoms. The zero-order valence-electron chi connectivity index (χ0n) is 15.6. The molecule has 2 aliphatic heterocycles. The fraction of sp³-hybridized carbons (Fsp3) is 0.348. The predicted octanol–water partition coefficient (Wildman–Crippen LogP) is 4.36. The number of nitrogens with zero attached hydrogens (tertiary/aromatic N) is 1. The lowest BCUT2D eigenvalue weighted by molar-refractivity contribution is 0.0170. The molecule has 4 heteroatoms. The smallest absolute Gasteiger partial charge is 0.152 e. The van der Waals surface area contributed by atoms with Crippen LogP contribution in [0.25, 0.3) is 22.0 Å². The van der Waals surface area contributed by atoms with Gasteiger partial charge in [0, 0.05) is 17.1 Å². The summed E-state index contributed by atoms with van der Waals surface area (Å²) in [6.07, 6.45) is 6.17. The lowest BCUT2D eigenvalue weighted by atomic mass is 9.83. The van der Waals surface area contributed by atoms with Crippen molar-refractivity contribution in [2.24, 2.45) is 0 Å². The van der Waals surface area contributed by atoms with Crippen LogP contribution >= 0.6 is 0 Å². The summed E-state index contributed by atoms with van der Waals surface area (Å²) in [5, 5.41) is 4.53. The number of piperidine rings is 1. The largest absolute Gasteiger partial charge is 0.494 e. The molecule has 0 amide bonds. The average molecular weight is 360 g/mol. The molecule has 3 aromatic rings. The second-order valence-electron chi connectivity index (χ2n) is 7.58. The summed E-state index contributed by atoms with van der Waals surface area (Å²) in [4.78, 5) is 4.53. The van der Waals surface area contributed by atoms with Gasteiger partial charge in [-0.05, 0) is 74.2 Å². The van der Waals surface area contributed by atoms with Gasteiger partial charge in [0.15, 0.2) is 5.75 Å². The third-order valence-corrected chi connectivity index (χ3v) is 5.99. The van der Waals surface area contributed by atoms with Gasteiger partial charge in [0.2, 0.25) is 0 Å². The Balaban J connectivity index is 1.54. The number of pyridine rings is 1. The molecular formula is C23H24N2O2. The van der Waals surface area contributed by atoms with E-state index >= 15 is 0 Å². The first-order valence-corrected chi connectivity index (χ1v) is 9.73. The highest BCUT2D eigenvalue weighted by molar-refractivity contribution is 5.92. The van der Waals surface area contributed by atoms with Crippen molar-refractivity contribution in [1.82, 2.24) is 10.3 Å². The number of aromatic nitrogens is 1. The van der Waals surface area contributed by atoms with Crippen LogP contribution in [0.15, 0.2) is 48.7 Å². The zero-order valence-corrected chi connectivity index (χ0v) is 15.6. The molecule has 0 saturated carbocycles. The molecule has 5 rings (SSSR count). The summed E-state index contributed by atoms with van der Waals surface area (Å²) >= 11 is 0. The molecule has 138 valence electrons. The Morgan fingerprint density at radius 3 is 2.81 bits per heavy atom. The van der Waals surface area contributed by atoms with Gasteiger partial charge in [0.05, 0.1) is 7.11 Å². The van der Waals surface area contributed by atoms with Crippen LogP contribution in [0.3, 0.4) is 0 Å². The van der Waals surface area contributed by atoms with E-state index in [4.69, 9.17) is 9.47 Å². The van der Waals surface area contributed by atoms with Gasteiger partial charge in [0.1, 0.15) is 16.9 Å². The molecule has 4 nitrogen and oxygen atoms in total. The minimum Gasteiger partial charge on any atom is -0.494 e. The molecule has 0 atom stereocenters. The van der Waals surface area contributed by atoms with Crippen molar-refractivity contribution in [3.8, 4) is 22.6 Å². The molecule has 2 aromatic carbocycles. The summed E-state index contributed by atoms with van der Waals surface area (Å²) < 4.78 is 12.2. The highest BCUT2D eigenvalue weighted by Crippen LogP contribution is 2.42. The molecule has 27 heavy (non-hydrogen) atoms. The van der Waals surface area contributed by atoms with Gasteiger partial charge in [0.25, 0.3) is 0 Å². The maximum absolute atomic E-state index is 6.49. The highest BCUT2D eigenvalue weighted by atomic mass is 16.5. The van der Waals surface area contributed by atoms with Crippen molar-refractivity contribution in [2.75, 3.05) is 20.2 Å². The number of fused-ring (bicyclic) bond motifs is 2. The van der Waals surface area contributed by atoms with Crippen LogP contribution in [0, 0.1) is 0 Å². The number of hydrogen-bond acceptors (Lipinski definition) is 4. The third-order valence-electron chi connectivity index (χ3n) is 5.99. The van der Waals surface area contributed by atoms with Crippen molar-refractivity contribution < 1.29 is 9.47 Å². The SMILES string of the molecule is COc1c(-c2ccc3c(c2)CCC2(CCNCC2)O3)ccc2cccnc12. The zero-order chi connectivity index (χ0) is 18.3. The molecule has 1 spiro atoms. The van der Waals surface area contributed by atoms with E-state index < -0.39 is 0 Å². The van der Waals surface area contributed by atoms with Gasteiger partial charge in [-0.2, -0.15) is 0 Å². The average Bonchev–Trinajstić information content (AvgIpc) is 2.73. The standard InChI is InChI=1S/C23H24N2O2/c1-26-22-19(6-4-16-3-2-12-25-21(16)22)17-5-7-20-18(15-17)8-9-23(27-20)10-13-24-14-11-23/h2-7,12,15,24H,8-11,13-14H2,1H3. The first-order valence-electron chi connectivity index (χ1n) is 9.73. The van der Waals surface area contributed by atoms with Crippen LogP contribution in [-0.4, -0.2) is 30.8 Å². The Morgan fingerprint density at radius 2 is 1.96 bits per heavy atom. The Hall–Kier alpha value is -2.59. The molecule has 1 saturated heterocycles. The number of aryl methyl sites for hydroxylation is 1. The lowest BCUT2D eigenvalue weighted by Crippen LogP contribution is -2.48. The first-order chi connectivity index (χ1) is 13.3. The van der Waals surface area contributed by atoms with Crippen molar-refractivity contribution >= 4 is 10.9 Å². The van der Waals surface area contributed by atoms with E-state index in [1.165, 1.54) is 5.56 Å². The van der Waals surface area contributed by atoms with Crippen LogP contribution in [0.2, 0.25) is 0 Å². The van der Waals surface area contributed by atoms with E-state index in [2.05, 4.69) is 46.7 Å². The minimum atomic E-state index is 0.0321. The normalized spacial score (nSPS) is 18.1. The van der Waals surface area contributed by atoms with Gasteiger partial charge in [-0.15, -0.1) is 0 Å². The van der Waals surface area contributed by atoms with Crippen LogP contribution < -0.4 is 14.8 Å². The van der Waals surface area contributed by atoms with Crippen LogP contribution in [0.1, 0.15) is 24.8 Å². The number of methoxy groups -OCH3 is 1. The maximum Gasteiger partial charge on any atom is 0.152 e. The summed E-state index contributed by atoms with van der Waals surface area (Å²) in [6.45, 7) is 2.10. The Kier molecular flexibility index (Phi) is 4.01. The van der Waals surface area contributed by atoms with Gasteiger partial charge >= 0.3 is 0 Å². The molecule has 1 fully saturated rings. The molecule has 0 radical (unpaired) electrons. The Bertz CT molecular complexity index is 993. The van der Waals surface area contributed by atoms with E-state index in [1.54, 1.807) is 7.11 Å². The predicted molar refractivity (Wildman–Crippen MR) is 108 cm³/mol. The third kappa shape index (κ3) is 2.85. The number of nitrogens with one attached hydrogen (secondary N) is 1. The van der Waals surface area contributed by atoms with Crippen LogP contribution in [-0.2, 0) is 6.42 Å². The highest BCUT2D eigenvalue weighted by Gasteiger charge is 2.37.